The van der Waals surface area contributed by atoms with E-state index in [1.807, 2.05) is 0 Å². The van der Waals surface area contributed by atoms with E-state index in [0.29, 0.717) is 0 Å². The highest BCUT2D eigenvalue weighted by Crippen LogP contribution is 2.44. The number of aliphatic hydroxyl groups is 2. The van der Waals surface area contributed by atoms with Crippen LogP contribution in [0.25, 0.3) is 0 Å². The molecule has 0 radical (unpaired) electrons. The summed E-state index contributed by atoms with van der Waals surface area (Å²) in [6, 6.07) is 6.52. The quantitative estimate of drug-likeness (QED) is 0.787. The molecule has 0 aliphatic heterocycles. The Kier molecular flexibility index (Phi) is 4.68. The Balaban J connectivity index is 1.81. The van der Waals surface area contributed by atoms with Gasteiger partial charge in [0.2, 0.25) is 0 Å². The van der Waals surface area contributed by atoms with E-state index in [1.54, 1.807) is 0 Å². The normalized spacial score (nSPS) is 20.5. The molecule has 0 heterocycles. The lowest BCUT2D eigenvalue weighted by Gasteiger charge is -2.37. The molecule has 23 heavy (non-hydrogen) atoms. The minimum Gasteiger partial charge on any atom is -0.495 e. The molecule has 2 aliphatic carbocycles. The fourth-order valence-corrected chi connectivity index (χ4v) is 3.94. The third-order valence-corrected chi connectivity index (χ3v) is 5.22. The smallest absolute Gasteiger partial charge is 0.116 e. The van der Waals surface area contributed by atoms with Gasteiger partial charge < -0.3 is 14.9 Å². The van der Waals surface area contributed by atoms with Gasteiger partial charge in [-0.05, 0) is 42.2 Å². The van der Waals surface area contributed by atoms with Crippen molar-refractivity contribution in [3.63, 3.8) is 0 Å². The molecule has 0 unspecified atom stereocenters. The van der Waals surface area contributed by atoms with Crippen molar-refractivity contribution in [3.8, 4) is 0 Å². The molecule has 124 valence electrons. The van der Waals surface area contributed by atoms with Crippen molar-refractivity contribution in [2.75, 3.05) is 13.2 Å². The lowest BCUT2D eigenvalue weighted by atomic mass is 9.69. The molecule has 2 aliphatic rings. The number of rotatable bonds is 4. The number of fused-ring (bicyclic) bond motifs is 1. The largest absolute Gasteiger partial charge is 0.495 e. The Morgan fingerprint density at radius 3 is 2.74 bits per heavy atom. The zero-order chi connectivity index (χ0) is 16.6. The first-order valence-corrected chi connectivity index (χ1v) is 8.80. The molecule has 1 aromatic rings. The standard InChI is InChI=1S/C19H23BrO3/c1-19(2)9-17(23-11-16(22)10-21)7-14-5-12-3-4-15(20)6-13(12)8-18(14)19/h3-4,6,9,16,21-22H,5,7-8,10-11H2,1-2H3/t16-/m1/s1. The van der Waals surface area contributed by atoms with Crippen LogP contribution in [0, 0.1) is 5.41 Å². The van der Waals surface area contributed by atoms with Crippen LogP contribution < -0.4 is 0 Å². The number of hydrogen-bond acceptors (Lipinski definition) is 3. The van der Waals surface area contributed by atoms with Gasteiger partial charge in [0.1, 0.15) is 12.7 Å². The van der Waals surface area contributed by atoms with E-state index in [0.717, 1.165) is 29.5 Å². The zero-order valence-electron chi connectivity index (χ0n) is 13.6. The van der Waals surface area contributed by atoms with Gasteiger partial charge in [-0.15, -0.1) is 0 Å². The summed E-state index contributed by atoms with van der Waals surface area (Å²) in [6.45, 7) is 4.31. The third kappa shape index (κ3) is 3.54. The molecule has 0 spiro atoms. The molecule has 1 aromatic carbocycles. The minimum atomic E-state index is -0.821. The maximum atomic E-state index is 9.49. The highest BCUT2D eigenvalue weighted by Gasteiger charge is 2.33. The molecule has 0 bridgehead atoms. The molecule has 3 rings (SSSR count). The van der Waals surface area contributed by atoms with Crippen LogP contribution in [-0.2, 0) is 17.6 Å². The van der Waals surface area contributed by atoms with Crippen LogP contribution in [0.5, 0.6) is 0 Å². The molecular weight excluding hydrogens is 356 g/mol. The van der Waals surface area contributed by atoms with Crippen molar-refractivity contribution in [1.82, 2.24) is 0 Å². The lowest BCUT2D eigenvalue weighted by molar-refractivity contribution is 0.0278. The monoisotopic (exact) mass is 378 g/mol. The van der Waals surface area contributed by atoms with Crippen LogP contribution in [0.2, 0.25) is 0 Å². The van der Waals surface area contributed by atoms with Crippen LogP contribution in [0.15, 0.2) is 45.7 Å². The molecule has 0 fully saturated rings. The summed E-state index contributed by atoms with van der Waals surface area (Å²) < 4.78 is 6.87. The first-order valence-electron chi connectivity index (χ1n) is 8.01. The van der Waals surface area contributed by atoms with Crippen molar-refractivity contribution < 1.29 is 14.9 Å². The Morgan fingerprint density at radius 1 is 1.22 bits per heavy atom. The predicted octanol–water partition coefficient (Wildman–Crippen LogP) is 3.53. The molecule has 0 saturated heterocycles. The summed E-state index contributed by atoms with van der Waals surface area (Å²) in [4.78, 5) is 0. The molecule has 0 aromatic heterocycles. The van der Waals surface area contributed by atoms with E-state index in [2.05, 4.69) is 54.1 Å². The van der Waals surface area contributed by atoms with Crippen LogP contribution in [0.3, 0.4) is 0 Å². The second kappa shape index (κ2) is 6.42. The Bertz CT molecular complexity index is 673. The van der Waals surface area contributed by atoms with E-state index < -0.39 is 6.10 Å². The number of allylic oxidation sites excluding steroid dienone is 3. The number of benzene rings is 1. The van der Waals surface area contributed by atoms with Gasteiger partial charge in [-0.25, -0.2) is 0 Å². The highest BCUT2D eigenvalue weighted by atomic mass is 79.9. The van der Waals surface area contributed by atoms with Gasteiger partial charge in [-0.1, -0.05) is 47.0 Å². The zero-order valence-corrected chi connectivity index (χ0v) is 15.2. The second-order valence-electron chi connectivity index (χ2n) is 7.01. The first-order chi connectivity index (χ1) is 10.9. The van der Waals surface area contributed by atoms with Gasteiger partial charge in [0.25, 0.3) is 0 Å². The van der Waals surface area contributed by atoms with Crippen LogP contribution >= 0.6 is 15.9 Å². The Labute approximate surface area is 145 Å². The van der Waals surface area contributed by atoms with Gasteiger partial charge in [-0.3, -0.25) is 0 Å². The van der Waals surface area contributed by atoms with Gasteiger partial charge in [0.05, 0.1) is 12.4 Å². The fraction of sp³-hybridized carbons (Fsp3) is 0.474. The van der Waals surface area contributed by atoms with Crippen molar-refractivity contribution in [1.29, 1.82) is 0 Å². The van der Waals surface area contributed by atoms with E-state index in [1.165, 1.54) is 22.3 Å². The van der Waals surface area contributed by atoms with Gasteiger partial charge in [0.15, 0.2) is 0 Å². The van der Waals surface area contributed by atoms with Crippen molar-refractivity contribution >= 4 is 15.9 Å². The topological polar surface area (TPSA) is 49.7 Å². The predicted molar refractivity (Wildman–Crippen MR) is 94.1 cm³/mol. The lowest BCUT2D eigenvalue weighted by Crippen LogP contribution is -2.27. The molecule has 0 saturated carbocycles. The van der Waals surface area contributed by atoms with E-state index in [9.17, 15) is 5.11 Å². The van der Waals surface area contributed by atoms with Gasteiger partial charge in [-0.2, -0.15) is 0 Å². The molecule has 3 nitrogen and oxygen atoms in total. The maximum absolute atomic E-state index is 9.49. The first kappa shape index (κ1) is 16.7. The minimum absolute atomic E-state index is 0.0485. The van der Waals surface area contributed by atoms with Crippen LogP contribution in [-0.4, -0.2) is 29.5 Å². The fourth-order valence-electron chi connectivity index (χ4n) is 3.54. The van der Waals surface area contributed by atoms with Gasteiger partial charge in [0, 0.05) is 16.3 Å². The highest BCUT2D eigenvalue weighted by molar-refractivity contribution is 9.10. The Hall–Kier alpha value is -1.10. The number of hydrogen-bond donors (Lipinski definition) is 2. The third-order valence-electron chi connectivity index (χ3n) is 4.73. The van der Waals surface area contributed by atoms with E-state index in [-0.39, 0.29) is 18.6 Å². The number of aliphatic hydroxyl groups excluding tert-OH is 2. The van der Waals surface area contributed by atoms with Crippen molar-refractivity contribution in [2.24, 2.45) is 5.41 Å². The van der Waals surface area contributed by atoms with Gasteiger partial charge >= 0.3 is 0 Å². The summed E-state index contributed by atoms with van der Waals surface area (Å²) in [7, 11) is 0. The maximum Gasteiger partial charge on any atom is 0.116 e. The van der Waals surface area contributed by atoms with Crippen LogP contribution in [0.1, 0.15) is 31.4 Å². The number of halogens is 1. The van der Waals surface area contributed by atoms with Crippen molar-refractivity contribution in [2.45, 2.75) is 39.2 Å². The molecule has 2 N–H and O–H groups in total. The average Bonchev–Trinajstić information content (AvgIpc) is 2.50. The van der Waals surface area contributed by atoms with Crippen molar-refractivity contribution in [3.05, 3.63) is 56.8 Å². The molecular formula is C19H23BrO3. The van der Waals surface area contributed by atoms with E-state index in [4.69, 9.17) is 9.84 Å². The summed E-state index contributed by atoms with van der Waals surface area (Å²) in [5, 5.41) is 18.4. The summed E-state index contributed by atoms with van der Waals surface area (Å²) >= 11 is 3.57. The molecule has 4 heteroatoms. The summed E-state index contributed by atoms with van der Waals surface area (Å²) in [6.07, 6.45) is 4.09. The second-order valence-corrected chi connectivity index (χ2v) is 7.92. The SMILES string of the molecule is CC1(C)C=C(OC[C@H](O)CO)CC2=C1Cc1cc(Br)ccc1C2. The van der Waals surface area contributed by atoms with Crippen LogP contribution in [0.4, 0.5) is 0 Å². The molecule has 0 amide bonds. The summed E-state index contributed by atoms with van der Waals surface area (Å²) in [5.74, 6) is 0.904. The van der Waals surface area contributed by atoms with E-state index >= 15 is 0 Å². The summed E-state index contributed by atoms with van der Waals surface area (Å²) in [5.41, 5.74) is 5.66. The number of ether oxygens (including phenoxy) is 1. The average molecular weight is 379 g/mol. The Morgan fingerprint density at radius 2 is 2.00 bits per heavy atom. The molecule has 1 atom stereocenters.